The Bertz CT molecular complexity index is 805. The average molecular weight is 460 g/mol. The topological polar surface area (TPSA) is 101 Å². The molecule has 2 N–H and O–H groups in total. The predicted molar refractivity (Wildman–Crippen MR) is 107 cm³/mol. The summed E-state index contributed by atoms with van der Waals surface area (Å²) in [5.41, 5.74) is 0.256. The molecule has 27 heavy (non-hydrogen) atoms. The minimum atomic E-state index is -3.89. The van der Waals surface area contributed by atoms with Crippen molar-refractivity contribution in [1.82, 2.24) is 9.80 Å². The molecule has 2 amide bonds. The van der Waals surface area contributed by atoms with E-state index in [9.17, 15) is 18.0 Å². The molecular formula is C18H26BrN3O4S. The third-order valence-electron chi connectivity index (χ3n) is 4.85. The highest BCUT2D eigenvalue weighted by Gasteiger charge is 2.30. The number of carbonyl (C=O) groups is 2. The number of piperidine rings is 1. The Labute approximate surface area is 169 Å². The number of sulfonamides is 1. The number of primary sulfonamides is 1. The number of carbonyl (C=O) groups excluding carboxylic acids is 2. The summed E-state index contributed by atoms with van der Waals surface area (Å²) < 4.78 is 23.6. The molecular weight excluding hydrogens is 434 g/mol. The fourth-order valence-corrected chi connectivity index (χ4v) is 4.12. The van der Waals surface area contributed by atoms with Gasteiger partial charge in [-0.25, -0.2) is 13.6 Å². The number of amides is 2. The van der Waals surface area contributed by atoms with Gasteiger partial charge in [-0.1, -0.05) is 13.3 Å². The van der Waals surface area contributed by atoms with Crippen molar-refractivity contribution in [2.45, 2.75) is 37.5 Å². The van der Waals surface area contributed by atoms with E-state index in [1.165, 1.54) is 18.2 Å². The molecule has 0 bridgehead atoms. The first-order valence-electron chi connectivity index (χ1n) is 9.01. The summed E-state index contributed by atoms with van der Waals surface area (Å²) in [6.07, 6.45) is 3.23. The minimum Gasteiger partial charge on any atom is -0.346 e. The molecule has 1 saturated heterocycles. The lowest BCUT2D eigenvalue weighted by atomic mass is 9.94. The molecule has 1 aromatic carbocycles. The molecule has 7 nitrogen and oxygen atoms in total. The summed E-state index contributed by atoms with van der Waals surface area (Å²) in [4.78, 5) is 28.6. The van der Waals surface area contributed by atoms with E-state index in [2.05, 4.69) is 22.9 Å². The van der Waals surface area contributed by atoms with E-state index in [-0.39, 0.29) is 28.2 Å². The van der Waals surface area contributed by atoms with E-state index in [4.69, 9.17) is 5.14 Å². The number of unbranched alkanes of at least 4 members (excludes halogenated alkanes) is 1. The largest absolute Gasteiger partial charge is 0.346 e. The Kier molecular flexibility index (Phi) is 7.41. The van der Waals surface area contributed by atoms with Crippen LogP contribution in [0, 0.1) is 5.92 Å². The highest BCUT2D eigenvalue weighted by molar-refractivity contribution is 9.10. The van der Waals surface area contributed by atoms with Gasteiger partial charge in [0.15, 0.2) is 0 Å². The molecule has 0 saturated carbocycles. The molecule has 150 valence electrons. The van der Waals surface area contributed by atoms with E-state index in [1.807, 2.05) is 7.05 Å². The number of hydrogen-bond donors (Lipinski definition) is 1. The van der Waals surface area contributed by atoms with E-state index < -0.39 is 10.0 Å². The van der Waals surface area contributed by atoms with Crippen molar-refractivity contribution in [3.8, 4) is 0 Å². The van der Waals surface area contributed by atoms with Crippen molar-refractivity contribution in [2.75, 3.05) is 26.7 Å². The Morgan fingerprint density at radius 3 is 2.48 bits per heavy atom. The van der Waals surface area contributed by atoms with Crippen molar-refractivity contribution in [3.05, 3.63) is 28.2 Å². The van der Waals surface area contributed by atoms with Crippen LogP contribution in [0.25, 0.3) is 0 Å². The van der Waals surface area contributed by atoms with E-state index in [0.717, 1.165) is 19.4 Å². The fraction of sp³-hybridized carbons (Fsp3) is 0.556. The molecule has 1 aliphatic rings. The van der Waals surface area contributed by atoms with Gasteiger partial charge in [-0.05, 0) is 53.4 Å². The number of nitrogens with zero attached hydrogens (tertiary/aromatic N) is 2. The Morgan fingerprint density at radius 2 is 1.93 bits per heavy atom. The maximum atomic E-state index is 12.8. The molecule has 1 heterocycles. The lowest BCUT2D eigenvalue weighted by molar-refractivity contribution is -0.135. The molecule has 0 aliphatic carbocycles. The van der Waals surface area contributed by atoms with Gasteiger partial charge in [0.1, 0.15) is 0 Å². The number of halogens is 1. The molecule has 0 aromatic heterocycles. The highest BCUT2D eigenvalue weighted by atomic mass is 79.9. The predicted octanol–water partition coefficient (Wildman–Crippen LogP) is 2.21. The van der Waals surface area contributed by atoms with Crippen LogP contribution in [-0.4, -0.2) is 56.7 Å². The summed E-state index contributed by atoms with van der Waals surface area (Å²) in [6.45, 7) is 3.76. The maximum absolute atomic E-state index is 12.8. The van der Waals surface area contributed by atoms with Crippen LogP contribution in [0.15, 0.2) is 27.6 Å². The first kappa shape index (κ1) is 21.8. The summed E-state index contributed by atoms with van der Waals surface area (Å²) in [5.74, 6) is -0.208. The van der Waals surface area contributed by atoms with Gasteiger partial charge in [0.2, 0.25) is 15.9 Å². The minimum absolute atomic E-state index is 0.0740. The third kappa shape index (κ3) is 5.52. The van der Waals surface area contributed by atoms with Crippen molar-refractivity contribution < 1.29 is 18.0 Å². The summed E-state index contributed by atoms with van der Waals surface area (Å²) in [6, 6.07) is 4.15. The highest BCUT2D eigenvalue weighted by Crippen LogP contribution is 2.25. The second kappa shape index (κ2) is 9.16. The number of nitrogens with two attached hydrogens (primary N) is 1. The van der Waals surface area contributed by atoms with Gasteiger partial charge in [0.05, 0.1) is 10.5 Å². The molecule has 0 radical (unpaired) electrons. The van der Waals surface area contributed by atoms with Gasteiger partial charge in [-0.15, -0.1) is 0 Å². The number of benzene rings is 1. The lowest BCUT2D eigenvalue weighted by Crippen LogP contribution is -2.43. The van der Waals surface area contributed by atoms with Crippen LogP contribution >= 0.6 is 15.9 Å². The van der Waals surface area contributed by atoms with Crippen LogP contribution in [0.1, 0.15) is 43.0 Å². The van der Waals surface area contributed by atoms with Crippen LogP contribution < -0.4 is 5.14 Å². The van der Waals surface area contributed by atoms with Gasteiger partial charge in [-0.3, -0.25) is 9.59 Å². The summed E-state index contributed by atoms with van der Waals surface area (Å²) in [7, 11) is -2.06. The smallest absolute Gasteiger partial charge is 0.255 e. The van der Waals surface area contributed by atoms with Gasteiger partial charge in [0.25, 0.3) is 5.91 Å². The lowest BCUT2D eigenvalue weighted by Gasteiger charge is -2.33. The number of hydrogen-bond acceptors (Lipinski definition) is 4. The Balaban J connectivity index is 2.04. The second-order valence-corrected chi connectivity index (χ2v) is 9.28. The SMILES string of the molecule is CCCCN(C)C(=O)C1CCN(C(=O)c2cc(S(N)(=O)=O)ccc2Br)CC1. The Morgan fingerprint density at radius 1 is 1.30 bits per heavy atom. The first-order chi connectivity index (χ1) is 12.6. The maximum Gasteiger partial charge on any atom is 0.255 e. The molecule has 1 aliphatic heterocycles. The third-order valence-corrected chi connectivity index (χ3v) is 6.45. The van der Waals surface area contributed by atoms with Gasteiger partial charge in [-0.2, -0.15) is 0 Å². The number of likely N-dealkylation sites (tertiary alicyclic amines) is 1. The molecule has 0 unspecified atom stereocenters. The second-order valence-electron chi connectivity index (χ2n) is 6.87. The van der Waals surface area contributed by atoms with E-state index >= 15 is 0 Å². The van der Waals surface area contributed by atoms with Crippen molar-refractivity contribution in [1.29, 1.82) is 0 Å². The van der Waals surface area contributed by atoms with Crippen LogP contribution in [0.5, 0.6) is 0 Å². The summed E-state index contributed by atoms with van der Waals surface area (Å²) in [5, 5.41) is 5.16. The Hall–Kier alpha value is -1.45. The quantitative estimate of drug-likeness (QED) is 0.704. The normalized spacial score (nSPS) is 15.6. The zero-order chi connectivity index (χ0) is 20.2. The summed E-state index contributed by atoms with van der Waals surface area (Å²) >= 11 is 3.30. The van der Waals surface area contributed by atoms with E-state index in [0.29, 0.717) is 30.4 Å². The van der Waals surface area contributed by atoms with Crippen LogP contribution in [0.2, 0.25) is 0 Å². The molecule has 0 spiro atoms. The molecule has 1 fully saturated rings. The monoisotopic (exact) mass is 459 g/mol. The molecule has 1 aromatic rings. The van der Waals surface area contributed by atoms with Gasteiger partial charge < -0.3 is 9.80 Å². The molecule has 9 heteroatoms. The average Bonchev–Trinajstić information content (AvgIpc) is 2.64. The first-order valence-corrected chi connectivity index (χ1v) is 11.4. The van der Waals surface area contributed by atoms with Crippen molar-refractivity contribution in [3.63, 3.8) is 0 Å². The van der Waals surface area contributed by atoms with Crippen LogP contribution in [0.3, 0.4) is 0 Å². The zero-order valence-corrected chi connectivity index (χ0v) is 18.1. The van der Waals surface area contributed by atoms with Crippen molar-refractivity contribution in [2.24, 2.45) is 11.1 Å². The molecule has 2 rings (SSSR count). The van der Waals surface area contributed by atoms with E-state index in [1.54, 1.807) is 9.80 Å². The zero-order valence-electron chi connectivity index (χ0n) is 15.7. The standard InChI is InChI=1S/C18H26BrN3O4S/c1-3-4-9-21(2)17(23)13-7-10-22(11-8-13)18(24)15-12-14(27(20,25)26)5-6-16(15)19/h5-6,12-13H,3-4,7-11H2,1-2H3,(H2,20,25,26). The number of rotatable bonds is 6. The van der Waals surface area contributed by atoms with Crippen LogP contribution in [0.4, 0.5) is 0 Å². The van der Waals surface area contributed by atoms with Gasteiger partial charge >= 0.3 is 0 Å². The van der Waals surface area contributed by atoms with Crippen molar-refractivity contribution >= 4 is 37.8 Å². The van der Waals surface area contributed by atoms with Crippen LogP contribution in [-0.2, 0) is 14.8 Å². The van der Waals surface area contributed by atoms with Gasteiger partial charge in [0, 0.05) is 37.1 Å². The molecule has 0 atom stereocenters. The fourth-order valence-electron chi connectivity index (χ4n) is 3.16.